The van der Waals surface area contributed by atoms with Crippen LogP contribution in [-0.4, -0.2) is 58.9 Å². The minimum atomic E-state index is -1.56. The van der Waals surface area contributed by atoms with Gasteiger partial charge in [-0.05, 0) is 31.9 Å². The Morgan fingerprint density at radius 3 is 1.89 bits per heavy atom. The number of hydrogen-bond acceptors (Lipinski definition) is 7. The summed E-state index contributed by atoms with van der Waals surface area (Å²) in [5.74, 6) is -2.19. The Bertz CT molecular complexity index is 990. The van der Waals surface area contributed by atoms with Crippen molar-refractivity contribution in [2.75, 3.05) is 13.1 Å². The first-order valence-corrected chi connectivity index (χ1v) is 10.9. The molecule has 0 spiro atoms. The Morgan fingerprint density at radius 1 is 0.886 bits per heavy atom. The maximum atomic E-state index is 12.7. The molecule has 0 unspecified atom stereocenters. The van der Waals surface area contributed by atoms with Crippen LogP contribution in [0.4, 0.5) is 9.59 Å². The Morgan fingerprint density at radius 2 is 1.40 bits per heavy atom. The third-order valence-corrected chi connectivity index (χ3v) is 4.42. The normalized spacial score (nSPS) is 11.6. The van der Waals surface area contributed by atoms with Gasteiger partial charge in [-0.2, -0.15) is 0 Å². The average Bonchev–Trinajstić information content (AvgIpc) is 2.80. The number of hydrogen-bond donors (Lipinski definition) is 2. The number of ether oxygens (including phenoxy) is 3. The molecule has 0 saturated heterocycles. The molecule has 0 aliphatic rings. The summed E-state index contributed by atoms with van der Waals surface area (Å²) in [7, 11) is 0. The van der Waals surface area contributed by atoms with Crippen molar-refractivity contribution in [1.29, 1.82) is 0 Å². The van der Waals surface area contributed by atoms with Crippen molar-refractivity contribution in [3.05, 3.63) is 71.8 Å². The first kappa shape index (κ1) is 27.2. The molecular weight excluding hydrogens is 456 g/mol. The van der Waals surface area contributed by atoms with Crippen molar-refractivity contribution in [3.63, 3.8) is 0 Å². The van der Waals surface area contributed by atoms with Crippen LogP contribution in [0.25, 0.3) is 0 Å². The Labute approximate surface area is 203 Å². The molecule has 0 aromatic heterocycles. The smallest absolute Gasteiger partial charge is 0.410 e. The third-order valence-electron chi connectivity index (χ3n) is 4.42. The molecule has 2 N–H and O–H groups in total. The predicted molar refractivity (Wildman–Crippen MR) is 125 cm³/mol. The number of esters is 1. The maximum absolute atomic E-state index is 12.7. The van der Waals surface area contributed by atoms with Crippen LogP contribution in [0.15, 0.2) is 60.7 Å². The number of aliphatic carboxylic acids is 1. The van der Waals surface area contributed by atoms with Gasteiger partial charge in [0.2, 0.25) is 0 Å². The highest BCUT2D eigenvalue weighted by atomic mass is 16.6. The number of carbonyl (C=O) groups excluding carboxylic acids is 3. The standard InChI is InChI=1S/C25H30N2O8/c1-25(2,3)35-24(32)27(15-21(28)33-16-18-10-6-4-7-11-18)14-20(22(29)30)26-23(31)34-17-19-12-8-5-9-13-19/h4-13,20H,14-17H2,1-3H3,(H,26,31)(H,29,30)/t20-/m0/s1. The molecule has 2 amide bonds. The van der Waals surface area contributed by atoms with E-state index in [1.54, 1.807) is 75.4 Å². The van der Waals surface area contributed by atoms with Crippen LogP contribution in [0.3, 0.4) is 0 Å². The second kappa shape index (κ2) is 13.0. The lowest BCUT2D eigenvalue weighted by molar-refractivity contribution is -0.147. The highest BCUT2D eigenvalue weighted by molar-refractivity contribution is 5.82. The summed E-state index contributed by atoms with van der Waals surface area (Å²) in [6.45, 7) is 3.67. The van der Waals surface area contributed by atoms with Crippen LogP contribution in [-0.2, 0) is 37.0 Å². The van der Waals surface area contributed by atoms with Gasteiger partial charge in [0.25, 0.3) is 0 Å². The molecule has 0 aliphatic carbocycles. The molecule has 0 heterocycles. The van der Waals surface area contributed by atoms with Crippen molar-refractivity contribution in [2.45, 2.75) is 45.6 Å². The monoisotopic (exact) mass is 486 g/mol. The summed E-state index contributed by atoms with van der Waals surface area (Å²) in [5, 5.41) is 11.8. The van der Waals surface area contributed by atoms with Gasteiger partial charge in [0.15, 0.2) is 0 Å². The highest BCUT2D eigenvalue weighted by Crippen LogP contribution is 2.11. The van der Waals surface area contributed by atoms with Crippen molar-refractivity contribution < 1.29 is 38.5 Å². The molecule has 0 radical (unpaired) electrons. The summed E-state index contributed by atoms with van der Waals surface area (Å²) in [6.07, 6.45) is -1.92. The van der Waals surface area contributed by atoms with E-state index in [-0.39, 0.29) is 13.2 Å². The molecular formula is C25H30N2O8. The number of rotatable bonds is 10. The summed E-state index contributed by atoms with van der Waals surface area (Å²) >= 11 is 0. The van der Waals surface area contributed by atoms with Crippen LogP contribution in [0, 0.1) is 0 Å². The lowest BCUT2D eigenvalue weighted by Gasteiger charge is -2.28. The first-order chi connectivity index (χ1) is 16.5. The fourth-order valence-electron chi connectivity index (χ4n) is 2.78. The topological polar surface area (TPSA) is 131 Å². The SMILES string of the molecule is CC(C)(C)OC(=O)N(CC(=O)OCc1ccccc1)C[C@H](NC(=O)OCc1ccccc1)C(=O)O. The number of nitrogens with one attached hydrogen (secondary N) is 1. The zero-order chi connectivity index (χ0) is 25.8. The van der Waals surface area contributed by atoms with E-state index < -0.39 is 48.9 Å². The first-order valence-electron chi connectivity index (χ1n) is 10.9. The Balaban J connectivity index is 2.03. The van der Waals surface area contributed by atoms with Crippen molar-refractivity contribution >= 4 is 24.1 Å². The minimum Gasteiger partial charge on any atom is -0.480 e. The molecule has 1 atom stereocenters. The Hall–Kier alpha value is -4.08. The number of carboxylic acids is 1. The highest BCUT2D eigenvalue weighted by Gasteiger charge is 2.31. The number of nitrogens with zero attached hydrogens (tertiary/aromatic N) is 1. The number of benzene rings is 2. The van der Waals surface area contributed by atoms with Gasteiger partial charge < -0.3 is 24.6 Å². The summed E-state index contributed by atoms with van der Waals surface area (Å²) in [6, 6.07) is 16.2. The second-order valence-corrected chi connectivity index (χ2v) is 8.60. The van der Waals surface area contributed by atoms with E-state index in [4.69, 9.17) is 14.2 Å². The summed E-state index contributed by atoms with van der Waals surface area (Å²) in [4.78, 5) is 49.9. The molecule has 188 valence electrons. The van der Waals surface area contributed by atoms with E-state index in [1.807, 2.05) is 6.07 Å². The predicted octanol–water partition coefficient (Wildman–Crippen LogP) is 3.35. The minimum absolute atomic E-state index is 0.0196. The fraction of sp³-hybridized carbons (Fsp3) is 0.360. The molecule has 35 heavy (non-hydrogen) atoms. The lowest BCUT2D eigenvalue weighted by atomic mass is 10.2. The third kappa shape index (κ3) is 10.6. The second-order valence-electron chi connectivity index (χ2n) is 8.60. The summed E-state index contributed by atoms with van der Waals surface area (Å²) in [5.41, 5.74) is 0.561. The lowest BCUT2D eigenvalue weighted by Crippen LogP contribution is -2.52. The Kier molecular flexibility index (Phi) is 10.1. The number of amides is 2. The molecule has 10 heteroatoms. The number of alkyl carbamates (subject to hydrolysis) is 1. The molecule has 2 rings (SSSR count). The van der Waals surface area contributed by atoms with E-state index in [0.717, 1.165) is 10.5 Å². The molecule has 0 aliphatic heterocycles. The van der Waals surface area contributed by atoms with Gasteiger partial charge in [0, 0.05) is 0 Å². The molecule has 0 saturated carbocycles. The van der Waals surface area contributed by atoms with Crippen LogP contribution < -0.4 is 5.32 Å². The zero-order valence-electron chi connectivity index (χ0n) is 19.9. The van der Waals surface area contributed by atoms with Gasteiger partial charge in [-0.15, -0.1) is 0 Å². The summed E-state index contributed by atoms with van der Waals surface area (Å²) < 4.78 is 15.6. The fourth-order valence-corrected chi connectivity index (χ4v) is 2.78. The molecule has 10 nitrogen and oxygen atoms in total. The van der Waals surface area contributed by atoms with Gasteiger partial charge in [-0.3, -0.25) is 9.69 Å². The van der Waals surface area contributed by atoms with Crippen LogP contribution >= 0.6 is 0 Å². The van der Waals surface area contributed by atoms with Gasteiger partial charge in [-0.1, -0.05) is 60.7 Å². The van der Waals surface area contributed by atoms with E-state index in [2.05, 4.69) is 5.32 Å². The van der Waals surface area contributed by atoms with Crippen LogP contribution in [0.2, 0.25) is 0 Å². The van der Waals surface area contributed by atoms with E-state index in [0.29, 0.717) is 5.56 Å². The maximum Gasteiger partial charge on any atom is 0.410 e. The largest absolute Gasteiger partial charge is 0.480 e. The van der Waals surface area contributed by atoms with E-state index >= 15 is 0 Å². The molecule has 0 fully saturated rings. The molecule has 0 bridgehead atoms. The van der Waals surface area contributed by atoms with E-state index in [9.17, 15) is 24.3 Å². The molecule has 2 aromatic rings. The van der Waals surface area contributed by atoms with Gasteiger partial charge in [0.05, 0.1) is 6.54 Å². The van der Waals surface area contributed by atoms with Crippen molar-refractivity contribution in [3.8, 4) is 0 Å². The van der Waals surface area contributed by atoms with Crippen molar-refractivity contribution in [2.24, 2.45) is 0 Å². The zero-order valence-corrected chi connectivity index (χ0v) is 19.9. The quantitative estimate of drug-likeness (QED) is 0.386. The van der Waals surface area contributed by atoms with Gasteiger partial charge in [0.1, 0.15) is 31.4 Å². The van der Waals surface area contributed by atoms with Gasteiger partial charge >= 0.3 is 24.1 Å². The molecule has 2 aromatic carbocycles. The number of carbonyl (C=O) groups is 4. The van der Waals surface area contributed by atoms with Crippen LogP contribution in [0.5, 0.6) is 0 Å². The van der Waals surface area contributed by atoms with Gasteiger partial charge in [-0.25, -0.2) is 14.4 Å². The average molecular weight is 487 g/mol. The van der Waals surface area contributed by atoms with Crippen molar-refractivity contribution in [1.82, 2.24) is 10.2 Å². The van der Waals surface area contributed by atoms with E-state index in [1.165, 1.54) is 0 Å². The van der Waals surface area contributed by atoms with Crippen LogP contribution in [0.1, 0.15) is 31.9 Å². The number of carboxylic acid groups (broad SMARTS) is 1.